The maximum Gasteiger partial charge on any atom is 0.142 e. The van der Waals surface area contributed by atoms with E-state index in [-0.39, 0.29) is 10.8 Å². The number of furan rings is 1. The van der Waals surface area contributed by atoms with E-state index in [9.17, 15) is 4.39 Å². The van der Waals surface area contributed by atoms with E-state index in [1.165, 1.54) is 0 Å². The number of benzene rings is 1. The number of halogens is 2. The van der Waals surface area contributed by atoms with Crippen LogP contribution < -0.4 is 5.32 Å². The van der Waals surface area contributed by atoms with Crippen LogP contribution in [0.3, 0.4) is 0 Å². The van der Waals surface area contributed by atoms with Gasteiger partial charge in [0, 0.05) is 10.9 Å². The topological polar surface area (TPSA) is 25.2 Å². The highest BCUT2D eigenvalue weighted by Gasteiger charge is 2.27. The predicted octanol–water partition coefficient (Wildman–Crippen LogP) is 3.94. The highest BCUT2D eigenvalue weighted by atomic mass is 35.5. The van der Waals surface area contributed by atoms with E-state index in [4.69, 9.17) is 16.0 Å². The van der Waals surface area contributed by atoms with Crippen LogP contribution in [0.2, 0.25) is 5.02 Å². The lowest BCUT2D eigenvalue weighted by molar-refractivity contribution is 0.348. The minimum Gasteiger partial charge on any atom is -0.464 e. The number of rotatable bonds is 1. The first-order valence-corrected chi connectivity index (χ1v) is 6.62. The van der Waals surface area contributed by atoms with Crippen LogP contribution in [-0.2, 0) is 0 Å². The van der Waals surface area contributed by atoms with Crippen LogP contribution in [0.4, 0.5) is 4.39 Å². The van der Waals surface area contributed by atoms with Crippen molar-refractivity contribution in [2.24, 2.45) is 5.92 Å². The van der Waals surface area contributed by atoms with E-state index >= 15 is 0 Å². The summed E-state index contributed by atoms with van der Waals surface area (Å²) in [4.78, 5) is 0. The average molecular weight is 268 g/mol. The van der Waals surface area contributed by atoms with Crippen LogP contribution in [0.25, 0.3) is 11.0 Å². The van der Waals surface area contributed by atoms with E-state index in [0.717, 1.165) is 30.7 Å². The van der Waals surface area contributed by atoms with Gasteiger partial charge in [0.1, 0.15) is 11.4 Å². The fourth-order valence-electron chi connectivity index (χ4n) is 2.85. The summed E-state index contributed by atoms with van der Waals surface area (Å²) >= 11 is 5.97. The molecule has 0 aliphatic carbocycles. The van der Waals surface area contributed by atoms with Gasteiger partial charge in [-0.05, 0) is 43.5 Å². The van der Waals surface area contributed by atoms with E-state index in [0.29, 0.717) is 17.2 Å². The van der Waals surface area contributed by atoms with Crippen LogP contribution in [0, 0.1) is 11.7 Å². The van der Waals surface area contributed by atoms with Gasteiger partial charge < -0.3 is 9.73 Å². The van der Waals surface area contributed by atoms with E-state index in [1.807, 2.05) is 0 Å². The van der Waals surface area contributed by atoms with Crippen LogP contribution in [0.1, 0.15) is 24.8 Å². The molecule has 96 valence electrons. The second-order valence-corrected chi connectivity index (χ2v) is 5.38. The molecule has 4 heteroatoms. The summed E-state index contributed by atoms with van der Waals surface area (Å²) in [5, 5.41) is 4.19. The Labute approximate surface area is 110 Å². The van der Waals surface area contributed by atoms with Gasteiger partial charge in [-0.3, -0.25) is 0 Å². The lowest BCUT2D eigenvalue weighted by Crippen LogP contribution is -2.33. The van der Waals surface area contributed by atoms with Gasteiger partial charge >= 0.3 is 0 Å². The molecule has 2 nitrogen and oxygen atoms in total. The van der Waals surface area contributed by atoms with Gasteiger partial charge in [0.25, 0.3) is 0 Å². The third-order valence-corrected chi connectivity index (χ3v) is 4.22. The minimum atomic E-state index is -0.355. The molecule has 1 saturated heterocycles. The van der Waals surface area contributed by atoms with Gasteiger partial charge in [-0.15, -0.1) is 0 Å². The first-order valence-electron chi connectivity index (χ1n) is 6.24. The number of fused-ring (bicyclic) bond motifs is 1. The van der Waals surface area contributed by atoms with Gasteiger partial charge in [-0.1, -0.05) is 18.5 Å². The van der Waals surface area contributed by atoms with Crippen molar-refractivity contribution in [2.45, 2.75) is 19.3 Å². The Bertz CT molecular complexity index is 580. The first kappa shape index (κ1) is 12.0. The Morgan fingerprint density at radius 2 is 2.33 bits per heavy atom. The summed E-state index contributed by atoms with van der Waals surface area (Å²) < 4.78 is 19.4. The molecule has 1 aromatic heterocycles. The van der Waals surface area contributed by atoms with Gasteiger partial charge in [0.05, 0.1) is 11.3 Å². The maximum absolute atomic E-state index is 13.9. The Morgan fingerprint density at radius 3 is 3.11 bits per heavy atom. The zero-order valence-corrected chi connectivity index (χ0v) is 10.9. The summed E-state index contributed by atoms with van der Waals surface area (Å²) in [6, 6.07) is 3.27. The molecule has 18 heavy (non-hydrogen) atoms. The van der Waals surface area contributed by atoms with Crippen molar-refractivity contribution in [3.05, 3.63) is 34.8 Å². The second-order valence-electron chi connectivity index (χ2n) is 5.00. The second kappa shape index (κ2) is 4.56. The van der Waals surface area contributed by atoms with Crippen molar-refractivity contribution in [3.63, 3.8) is 0 Å². The largest absolute Gasteiger partial charge is 0.464 e. The average Bonchev–Trinajstić information content (AvgIpc) is 2.84. The lowest BCUT2D eigenvalue weighted by Gasteiger charge is -2.30. The number of hydrogen-bond donors (Lipinski definition) is 1. The van der Waals surface area contributed by atoms with Crippen LogP contribution in [0.5, 0.6) is 0 Å². The van der Waals surface area contributed by atoms with Gasteiger partial charge in [0.2, 0.25) is 0 Å². The molecule has 1 aromatic carbocycles. The molecular formula is C14H15ClFNO. The fourth-order valence-corrected chi connectivity index (χ4v) is 3.05. The summed E-state index contributed by atoms with van der Waals surface area (Å²) in [5.41, 5.74) is 1.69. The fraction of sp³-hybridized carbons (Fsp3) is 0.429. The molecule has 1 aliphatic heterocycles. The van der Waals surface area contributed by atoms with E-state index in [1.54, 1.807) is 18.4 Å². The molecule has 0 amide bonds. The van der Waals surface area contributed by atoms with Crippen molar-refractivity contribution in [2.75, 3.05) is 13.1 Å². The van der Waals surface area contributed by atoms with Crippen LogP contribution >= 0.6 is 11.6 Å². The summed E-state index contributed by atoms with van der Waals surface area (Å²) in [6.45, 7) is 4.09. The maximum atomic E-state index is 13.9. The predicted molar refractivity (Wildman–Crippen MR) is 70.6 cm³/mol. The molecule has 2 heterocycles. The summed E-state index contributed by atoms with van der Waals surface area (Å²) in [7, 11) is 0. The molecule has 3 rings (SSSR count). The van der Waals surface area contributed by atoms with Crippen molar-refractivity contribution in [1.29, 1.82) is 0 Å². The third-order valence-electron chi connectivity index (χ3n) is 3.84. The van der Waals surface area contributed by atoms with Crippen LogP contribution in [-0.4, -0.2) is 13.1 Å². The third kappa shape index (κ3) is 1.82. The highest BCUT2D eigenvalue weighted by Crippen LogP contribution is 2.38. The van der Waals surface area contributed by atoms with Gasteiger partial charge in [-0.25, -0.2) is 4.39 Å². The molecule has 0 unspecified atom stereocenters. The molecule has 1 fully saturated rings. The molecule has 2 atom stereocenters. The normalized spacial score (nSPS) is 24.6. The molecule has 0 bridgehead atoms. The standard InChI is InChI=1S/C14H15ClFNO/c1-8-7-17-4-2-9(8)11-6-12(16)13(15)10-3-5-18-14(10)11/h3,5-6,8-9,17H,2,4,7H2,1H3/t8-,9+/m0/s1. The van der Waals surface area contributed by atoms with Crippen LogP contribution in [0.15, 0.2) is 22.8 Å². The molecule has 0 spiro atoms. The Hall–Kier alpha value is -1.06. The lowest BCUT2D eigenvalue weighted by atomic mass is 9.82. The van der Waals surface area contributed by atoms with E-state index < -0.39 is 0 Å². The summed E-state index contributed by atoms with van der Waals surface area (Å²) in [6.07, 6.45) is 2.57. The number of hydrogen-bond acceptors (Lipinski definition) is 2. The zero-order chi connectivity index (χ0) is 12.7. The number of piperidine rings is 1. The SMILES string of the molecule is C[C@H]1CNCC[C@H]1c1cc(F)c(Cl)c2ccoc12. The Balaban J connectivity index is 2.16. The highest BCUT2D eigenvalue weighted by molar-refractivity contribution is 6.35. The quantitative estimate of drug-likeness (QED) is 0.847. The van der Waals surface area contributed by atoms with Crippen molar-refractivity contribution >= 4 is 22.6 Å². The minimum absolute atomic E-state index is 0.157. The number of nitrogens with one attached hydrogen (secondary N) is 1. The molecular weight excluding hydrogens is 253 g/mol. The first-order chi connectivity index (χ1) is 8.68. The van der Waals surface area contributed by atoms with Crippen molar-refractivity contribution in [3.8, 4) is 0 Å². The van der Waals surface area contributed by atoms with Gasteiger partial charge in [-0.2, -0.15) is 0 Å². The molecule has 1 aliphatic rings. The Morgan fingerprint density at radius 1 is 1.50 bits per heavy atom. The monoisotopic (exact) mass is 267 g/mol. The zero-order valence-electron chi connectivity index (χ0n) is 10.2. The smallest absolute Gasteiger partial charge is 0.142 e. The van der Waals surface area contributed by atoms with Gasteiger partial charge in [0.15, 0.2) is 0 Å². The van der Waals surface area contributed by atoms with E-state index in [2.05, 4.69) is 12.2 Å². The van der Waals surface area contributed by atoms with Crippen molar-refractivity contribution < 1.29 is 8.81 Å². The molecule has 1 N–H and O–H groups in total. The molecule has 0 saturated carbocycles. The molecule has 2 aromatic rings. The summed E-state index contributed by atoms with van der Waals surface area (Å²) in [5.74, 6) is 0.436. The molecule has 0 radical (unpaired) electrons. The Kier molecular flexibility index (Phi) is 3.04. The van der Waals surface area contributed by atoms with Crippen molar-refractivity contribution in [1.82, 2.24) is 5.32 Å².